The molecular weight excluding hydrogens is 286 g/mol. The van der Waals surface area contributed by atoms with Gasteiger partial charge in [-0.05, 0) is 18.4 Å². The molecule has 4 atom stereocenters. The lowest BCUT2D eigenvalue weighted by atomic mass is 10.0. The summed E-state index contributed by atoms with van der Waals surface area (Å²) in [5.41, 5.74) is 0. The number of thioether (sulfide) groups is 2. The molecule has 0 aliphatic rings. The zero-order valence-electron chi connectivity index (χ0n) is 11.9. The molecular formula is C12H25NO4S2. The van der Waals surface area contributed by atoms with Crippen molar-refractivity contribution in [2.24, 2.45) is 0 Å². The Morgan fingerprint density at radius 2 is 1.58 bits per heavy atom. The average molecular weight is 311 g/mol. The second-order valence-corrected chi connectivity index (χ2v) is 7.36. The van der Waals surface area contributed by atoms with E-state index in [2.05, 4.69) is 5.32 Å². The minimum Gasteiger partial charge on any atom is -0.391 e. The van der Waals surface area contributed by atoms with Gasteiger partial charge >= 0.3 is 0 Å². The molecule has 0 saturated carbocycles. The van der Waals surface area contributed by atoms with Gasteiger partial charge in [-0.1, -0.05) is 13.8 Å². The summed E-state index contributed by atoms with van der Waals surface area (Å²) in [6.07, 6.45) is -3.15. The molecule has 0 radical (unpaired) electrons. The van der Waals surface area contributed by atoms with Crippen molar-refractivity contribution < 1.29 is 20.1 Å². The Bertz CT molecular complexity index is 260. The van der Waals surface area contributed by atoms with E-state index in [1.54, 1.807) is 23.5 Å². The van der Waals surface area contributed by atoms with E-state index in [-0.39, 0.29) is 10.5 Å². The smallest absolute Gasteiger partial charge is 0.217 e. The first-order valence-corrected chi connectivity index (χ1v) is 8.49. The maximum atomic E-state index is 11.2. The van der Waals surface area contributed by atoms with Crippen LogP contribution in [0.25, 0.3) is 0 Å². The van der Waals surface area contributed by atoms with Gasteiger partial charge in [0.2, 0.25) is 5.91 Å². The first kappa shape index (κ1) is 19.1. The van der Waals surface area contributed by atoms with E-state index in [4.69, 9.17) is 0 Å². The summed E-state index contributed by atoms with van der Waals surface area (Å²) >= 11 is 3.13. The first-order chi connectivity index (χ1) is 8.84. The monoisotopic (exact) mass is 311 g/mol. The molecule has 0 fully saturated rings. The number of nitrogens with one attached hydrogen (secondary N) is 1. The maximum absolute atomic E-state index is 11.2. The summed E-state index contributed by atoms with van der Waals surface area (Å²) < 4.78 is -0.153. The van der Waals surface area contributed by atoms with Crippen molar-refractivity contribution in [3.8, 4) is 0 Å². The van der Waals surface area contributed by atoms with E-state index in [9.17, 15) is 20.1 Å². The highest BCUT2D eigenvalue weighted by molar-refractivity contribution is 8.17. The molecule has 5 nitrogen and oxygen atoms in total. The number of aliphatic hydroxyl groups is 3. The standard InChI is InChI=1S/C12H25NO4S2/c1-5-18-12(19-6-2)11(17)9(13-8(4)15)10(16)7(3)14/h7,9-12,14,16-17H,5-6H2,1-4H3,(H,13,15)/t7-,9-,10+,11+/m0/s1. The predicted octanol–water partition coefficient (Wildman–Crippen LogP) is 0.426. The normalized spacial score (nSPS) is 17.9. The van der Waals surface area contributed by atoms with Gasteiger partial charge < -0.3 is 20.6 Å². The van der Waals surface area contributed by atoms with E-state index in [0.717, 1.165) is 11.5 Å². The van der Waals surface area contributed by atoms with Gasteiger partial charge in [0, 0.05) is 6.92 Å². The Hall–Kier alpha value is 0.0500. The van der Waals surface area contributed by atoms with E-state index >= 15 is 0 Å². The van der Waals surface area contributed by atoms with Crippen molar-refractivity contribution in [2.45, 2.75) is 56.6 Å². The molecule has 0 aliphatic carbocycles. The molecule has 19 heavy (non-hydrogen) atoms. The van der Waals surface area contributed by atoms with Crippen LogP contribution in [0.1, 0.15) is 27.7 Å². The molecule has 0 aliphatic heterocycles. The second kappa shape index (κ2) is 9.88. The van der Waals surface area contributed by atoms with Crippen LogP contribution in [0.4, 0.5) is 0 Å². The van der Waals surface area contributed by atoms with Gasteiger partial charge in [-0.25, -0.2) is 0 Å². The van der Waals surface area contributed by atoms with Gasteiger partial charge in [-0.3, -0.25) is 4.79 Å². The average Bonchev–Trinajstić information content (AvgIpc) is 2.33. The van der Waals surface area contributed by atoms with Crippen LogP contribution in [0.3, 0.4) is 0 Å². The summed E-state index contributed by atoms with van der Waals surface area (Å²) in [4.78, 5) is 11.2. The zero-order valence-corrected chi connectivity index (χ0v) is 13.5. The van der Waals surface area contributed by atoms with E-state index < -0.39 is 24.4 Å². The summed E-state index contributed by atoms with van der Waals surface area (Å²) in [7, 11) is 0. The Morgan fingerprint density at radius 1 is 1.11 bits per heavy atom. The summed E-state index contributed by atoms with van der Waals surface area (Å²) in [6.45, 7) is 6.72. The molecule has 0 aromatic heterocycles. The van der Waals surface area contributed by atoms with Gasteiger partial charge in [0.1, 0.15) is 6.10 Å². The second-order valence-electron chi connectivity index (χ2n) is 4.23. The van der Waals surface area contributed by atoms with Crippen LogP contribution in [-0.2, 0) is 4.79 Å². The molecule has 0 bridgehead atoms. The fourth-order valence-electron chi connectivity index (χ4n) is 1.65. The van der Waals surface area contributed by atoms with Crippen molar-refractivity contribution in [3.05, 3.63) is 0 Å². The minimum atomic E-state index is -1.20. The highest BCUT2D eigenvalue weighted by Gasteiger charge is 2.35. The van der Waals surface area contributed by atoms with Crippen LogP contribution in [-0.4, -0.2) is 61.7 Å². The lowest BCUT2D eigenvalue weighted by molar-refractivity contribution is -0.123. The van der Waals surface area contributed by atoms with Crippen molar-refractivity contribution in [1.29, 1.82) is 0 Å². The Kier molecular flexibility index (Phi) is 9.90. The topological polar surface area (TPSA) is 89.8 Å². The zero-order chi connectivity index (χ0) is 15.0. The number of rotatable bonds is 9. The third kappa shape index (κ3) is 6.85. The van der Waals surface area contributed by atoms with Crippen molar-refractivity contribution in [3.63, 3.8) is 0 Å². The molecule has 0 saturated heterocycles. The van der Waals surface area contributed by atoms with Crippen molar-refractivity contribution in [1.82, 2.24) is 5.32 Å². The van der Waals surface area contributed by atoms with Crippen LogP contribution in [0.2, 0.25) is 0 Å². The molecule has 7 heteroatoms. The molecule has 0 rings (SSSR count). The highest BCUT2D eigenvalue weighted by atomic mass is 32.2. The fraction of sp³-hybridized carbons (Fsp3) is 0.917. The van der Waals surface area contributed by atoms with E-state index in [0.29, 0.717) is 0 Å². The third-order valence-electron chi connectivity index (χ3n) is 2.54. The van der Waals surface area contributed by atoms with Crippen LogP contribution < -0.4 is 5.32 Å². The quantitative estimate of drug-likeness (QED) is 0.462. The molecule has 0 spiro atoms. The summed E-state index contributed by atoms with van der Waals surface area (Å²) in [6, 6.07) is -0.874. The third-order valence-corrected chi connectivity index (χ3v) is 5.24. The van der Waals surface area contributed by atoms with Crippen LogP contribution >= 0.6 is 23.5 Å². The first-order valence-electron chi connectivity index (χ1n) is 6.39. The highest BCUT2D eigenvalue weighted by Crippen LogP contribution is 2.29. The molecule has 1 amide bonds. The van der Waals surface area contributed by atoms with Crippen LogP contribution in [0.15, 0.2) is 0 Å². The number of carbonyl (C=O) groups is 1. The number of amides is 1. The van der Waals surface area contributed by atoms with Gasteiger partial charge in [-0.15, -0.1) is 23.5 Å². The lowest BCUT2D eigenvalue weighted by Crippen LogP contribution is -2.56. The molecule has 0 unspecified atom stereocenters. The van der Waals surface area contributed by atoms with Gasteiger partial charge in [-0.2, -0.15) is 0 Å². The number of aliphatic hydroxyl groups excluding tert-OH is 3. The van der Waals surface area contributed by atoms with Crippen LogP contribution in [0, 0.1) is 0 Å². The number of carbonyl (C=O) groups excluding carboxylic acids is 1. The van der Waals surface area contributed by atoms with Gasteiger partial charge in [0.25, 0.3) is 0 Å². The predicted molar refractivity (Wildman–Crippen MR) is 81.4 cm³/mol. The SMILES string of the molecule is CCSC(SCC)[C@H](O)[C@@H](NC(C)=O)[C@H](O)[C@H](C)O. The fourth-order valence-corrected chi connectivity index (χ4v) is 4.24. The van der Waals surface area contributed by atoms with E-state index in [1.807, 2.05) is 13.8 Å². The molecule has 0 aromatic carbocycles. The Labute approximate surface area is 123 Å². The largest absolute Gasteiger partial charge is 0.391 e. The van der Waals surface area contributed by atoms with Gasteiger partial charge in [0.15, 0.2) is 0 Å². The number of hydrogen-bond acceptors (Lipinski definition) is 6. The van der Waals surface area contributed by atoms with Gasteiger partial charge in [0.05, 0.1) is 22.8 Å². The minimum absolute atomic E-state index is 0.153. The molecule has 114 valence electrons. The van der Waals surface area contributed by atoms with Crippen molar-refractivity contribution >= 4 is 29.4 Å². The van der Waals surface area contributed by atoms with Crippen molar-refractivity contribution in [2.75, 3.05) is 11.5 Å². The summed E-state index contributed by atoms with van der Waals surface area (Å²) in [5.74, 6) is 1.31. The molecule has 0 aromatic rings. The number of hydrogen-bond donors (Lipinski definition) is 4. The summed E-state index contributed by atoms with van der Waals surface area (Å²) in [5, 5.41) is 32.3. The molecule has 0 heterocycles. The maximum Gasteiger partial charge on any atom is 0.217 e. The Morgan fingerprint density at radius 3 is 1.89 bits per heavy atom. The Balaban J connectivity index is 4.93. The lowest BCUT2D eigenvalue weighted by Gasteiger charge is -2.33. The van der Waals surface area contributed by atoms with E-state index in [1.165, 1.54) is 13.8 Å². The molecule has 4 N–H and O–H groups in total. The van der Waals surface area contributed by atoms with Crippen LogP contribution in [0.5, 0.6) is 0 Å².